The molecular formula is C25H19N5O3S. The van der Waals surface area contributed by atoms with Crippen molar-refractivity contribution in [2.24, 2.45) is 0 Å². The molecule has 0 radical (unpaired) electrons. The maximum atomic E-state index is 12.7. The molecular weight excluding hydrogens is 450 g/mol. The van der Waals surface area contributed by atoms with Crippen LogP contribution < -0.4 is 14.8 Å². The number of anilines is 1. The maximum absolute atomic E-state index is 12.7. The molecule has 1 amide bonds. The van der Waals surface area contributed by atoms with Gasteiger partial charge in [-0.3, -0.25) is 14.8 Å². The summed E-state index contributed by atoms with van der Waals surface area (Å²) in [6.45, 7) is 0.256. The highest BCUT2D eigenvalue weighted by atomic mass is 32.1. The van der Waals surface area contributed by atoms with Crippen molar-refractivity contribution in [3.63, 3.8) is 0 Å². The number of hydrogen-bond acceptors (Lipinski definition) is 8. The fourth-order valence-electron chi connectivity index (χ4n) is 3.31. The molecule has 0 aliphatic carbocycles. The largest absolute Gasteiger partial charge is 0.493 e. The van der Waals surface area contributed by atoms with Gasteiger partial charge in [0, 0.05) is 34.9 Å². The average molecular weight is 470 g/mol. The van der Waals surface area contributed by atoms with E-state index in [1.54, 1.807) is 49.3 Å². The molecule has 0 saturated carbocycles. The number of thiazole rings is 1. The number of nitrogens with zero attached hydrogens (tertiary/aromatic N) is 4. The van der Waals surface area contributed by atoms with Crippen LogP contribution in [0.2, 0.25) is 0 Å². The van der Waals surface area contributed by atoms with E-state index in [4.69, 9.17) is 9.47 Å². The minimum Gasteiger partial charge on any atom is -0.493 e. The molecule has 0 aliphatic rings. The first-order valence-electron chi connectivity index (χ1n) is 10.4. The Labute approximate surface area is 199 Å². The molecule has 168 valence electrons. The first kappa shape index (κ1) is 21.5. The molecule has 0 fully saturated rings. The molecule has 3 aromatic heterocycles. The second kappa shape index (κ2) is 9.63. The van der Waals surface area contributed by atoms with Gasteiger partial charge in [0.1, 0.15) is 23.0 Å². The fourth-order valence-corrected chi connectivity index (χ4v) is 4.07. The van der Waals surface area contributed by atoms with E-state index < -0.39 is 0 Å². The van der Waals surface area contributed by atoms with Gasteiger partial charge in [0.2, 0.25) is 0 Å². The molecule has 0 aliphatic heterocycles. The predicted octanol–water partition coefficient (Wildman–Crippen LogP) is 4.99. The van der Waals surface area contributed by atoms with Crippen LogP contribution in [0.1, 0.15) is 16.2 Å². The first-order chi connectivity index (χ1) is 16.7. The fraction of sp³-hybridized carbons (Fsp3) is 0.0800. The number of aromatic nitrogens is 4. The monoisotopic (exact) mass is 469 g/mol. The molecule has 9 heteroatoms. The molecule has 5 rings (SSSR count). The van der Waals surface area contributed by atoms with Crippen molar-refractivity contribution in [2.45, 2.75) is 6.61 Å². The summed E-state index contributed by atoms with van der Waals surface area (Å²) in [6.07, 6.45) is 4.78. The van der Waals surface area contributed by atoms with Crippen LogP contribution in [-0.2, 0) is 6.61 Å². The zero-order valence-electron chi connectivity index (χ0n) is 18.1. The minimum atomic E-state index is -0.335. The van der Waals surface area contributed by atoms with E-state index in [1.807, 2.05) is 36.4 Å². The Bertz CT molecular complexity index is 1460. The second-order valence-corrected chi connectivity index (χ2v) is 8.09. The van der Waals surface area contributed by atoms with Crippen LogP contribution in [0, 0.1) is 0 Å². The van der Waals surface area contributed by atoms with Gasteiger partial charge in [-0.25, -0.2) is 9.97 Å². The summed E-state index contributed by atoms with van der Waals surface area (Å²) < 4.78 is 11.4. The van der Waals surface area contributed by atoms with Gasteiger partial charge in [0.05, 0.1) is 24.5 Å². The number of hydrogen-bond donors (Lipinski definition) is 1. The van der Waals surface area contributed by atoms with Crippen molar-refractivity contribution in [3.8, 4) is 22.2 Å². The van der Waals surface area contributed by atoms with Gasteiger partial charge in [0.15, 0.2) is 11.5 Å². The van der Waals surface area contributed by atoms with Crippen LogP contribution in [0.5, 0.6) is 11.5 Å². The number of rotatable bonds is 7. The summed E-state index contributed by atoms with van der Waals surface area (Å²) in [6, 6.07) is 17.0. The van der Waals surface area contributed by atoms with Crippen molar-refractivity contribution in [3.05, 3.63) is 90.0 Å². The van der Waals surface area contributed by atoms with E-state index in [1.165, 1.54) is 11.3 Å². The highest BCUT2D eigenvalue weighted by Gasteiger charge is 2.15. The predicted molar refractivity (Wildman–Crippen MR) is 130 cm³/mol. The molecule has 2 aromatic carbocycles. The van der Waals surface area contributed by atoms with Crippen LogP contribution in [0.3, 0.4) is 0 Å². The number of para-hydroxylation sites is 1. The summed E-state index contributed by atoms with van der Waals surface area (Å²) >= 11 is 1.33. The summed E-state index contributed by atoms with van der Waals surface area (Å²) in [5.41, 5.74) is 3.16. The van der Waals surface area contributed by atoms with Crippen LogP contribution >= 0.6 is 11.3 Å². The Kier molecular flexibility index (Phi) is 6.09. The lowest BCUT2D eigenvalue weighted by atomic mass is 10.2. The third kappa shape index (κ3) is 4.69. The van der Waals surface area contributed by atoms with E-state index in [-0.39, 0.29) is 12.5 Å². The number of ether oxygens (including phenoxy) is 2. The van der Waals surface area contributed by atoms with E-state index in [9.17, 15) is 4.79 Å². The van der Waals surface area contributed by atoms with Crippen molar-refractivity contribution in [1.82, 2.24) is 19.9 Å². The lowest BCUT2D eigenvalue weighted by Crippen LogP contribution is -2.12. The number of carbonyl (C=O) groups excluding carboxylic acids is 1. The number of nitrogens with one attached hydrogen (secondary N) is 1. The Balaban J connectivity index is 1.30. The Morgan fingerprint density at radius 1 is 1.03 bits per heavy atom. The van der Waals surface area contributed by atoms with Gasteiger partial charge in [-0.2, -0.15) is 0 Å². The molecule has 0 atom stereocenters. The quantitative estimate of drug-likeness (QED) is 0.359. The third-order valence-electron chi connectivity index (χ3n) is 4.97. The van der Waals surface area contributed by atoms with E-state index in [0.29, 0.717) is 33.6 Å². The molecule has 0 saturated heterocycles. The maximum Gasteiger partial charge on any atom is 0.275 e. The van der Waals surface area contributed by atoms with Gasteiger partial charge in [-0.15, -0.1) is 11.3 Å². The van der Waals surface area contributed by atoms with Crippen molar-refractivity contribution >= 4 is 33.8 Å². The van der Waals surface area contributed by atoms with Gasteiger partial charge in [-0.05, 0) is 24.3 Å². The number of pyridine rings is 1. The summed E-state index contributed by atoms with van der Waals surface area (Å²) in [4.78, 5) is 30.0. The first-order valence-corrected chi connectivity index (χ1v) is 11.3. The van der Waals surface area contributed by atoms with Crippen LogP contribution in [0.4, 0.5) is 5.69 Å². The highest BCUT2D eigenvalue weighted by molar-refractivity contribution is 7.13. The third-order valence-corrected chi connectivity index (χ3v) is 5.84. The molecule has 1 N–H and O–H groups in total. The normalized spacial score (nSPS) is 10.7. The number of carbonyl (C=O) groups is 1. The lowest BCUT2D eigenvalue weighted by molar-refractivity contribution is 0.102. The summed E-state index contributed by atoms with van der Waals surface area (Å²) in [5.74, 6) is 0.713. The average Bonchev–Trinajstić information content (AvgIpc) is 3.39. The van der Waals surface area contributed by atoms with Crippen LogP contribution in [0.25, 0.3) is 21.6 Å². The van der Waals surface area contributed by atoms with E-state index in [0.717, 1.165) is 16.6 Å². The molecule has 34 heavy (non-hydrogen) atoms. The topological polar surface area (TPSA) is 99.1 Å². The molecule has 5 aromatic rings. The minimum absolute atomic E-state index is 0.256. The SMILES string of the molecule is COc1ccc(NC(=O)c2csc(-c3cnccn3)n2)cc1OCc1ccc2ccccc2n1. The van der Waals surface area contributed by atoms with E-state index >= 15 is 0 Å². The van der Waals surface area contributed by atoms with E-state index in [2.05, 4.69) is 25.3 Å². The van der Waals surface area contributed by atoms with Crippen molar-refractivity contribution < 1.29 is 14.3 Å². The van der Waals surface area contributed by atoms with Gasteiger partial charge in [-0.1, -0.05) is 24.3 Å². The molecule has 0 spiro atoms. The zero-order chi connectivity index (χ0) is 23.3. The highest BCUT2D eigenvalue weighted by Crippen LogP contribution is 2.31. The Morgan fingerprint density at radius 3 is 2.79 bits per heavy atom. The molecule has 8 nitrogen and oxygen atoms in total. The standard InChI is InChI=1S/C25H19N5O3S/c1-32-22-9-8-17(29-24(31)21-15-34-25(30-21)20-13-26-10-11-27-20)12-23(22)33-14-18-7-6-16-4-2-3-5-19(16)28-18/h2-13,15H,14H2,1H3,(H,29,31). The Morgan fingerprint density at radius 2 is 1.94 bits per heavy atom. The molecule has 3 heterocycles. The second-order valence-electron chi connectivity index (χ2n) is 7.23. The van der Waals surface area contributed by atoms with Crippen molar-refractivity contribution in [2.75, 3.05) is 12.4 Å². The number of amides is 1. The molecule has 0 unspecified atom stereocenters. The summed E-state index contributed by atoms with van der Waals surface area (Å²) in [7, 11) is 1.57. The number of methoxy groups -OCH3 is 1. The smallest absolute Gasteiger partial charge is 0.275 e. The summed E-state index contributed by atoms with van der Waals surface area (Å²) in [5, 5.41) is 6.23. The lowest BCUT2D eigenvalue weighted by Gasteiger charge is -2.13. The van der Waals surface area contributed by atoms with Crippen LogP contribution in [-0.4, -0.2) is 33.0 Å². The zero-order valence-corrected chi connectivity index (χ0v) is 19.0. The number of fused-ring (bicyclic) bond motifs is 1. The molecule has 0 bridgehead atoms. The number of benzene rings is 2. The Hall–Kier alpha value is -4.37. The van der Waals surface area contributed by atoms with Gasteiger partial charge >= 0.3 is 0 Å². The van der Waals surface area contributed by atoms with Crippen molar-refractivity contribution in [1.29, 1.82) is 0 Å². The van der Waals surface area contributed by atoms with Gasteiger partial charge in [0.25, 0.3) is 5.91 Å². The van der Waals surface area contributed by atoms with Gasteiger partial charge < -0.3 is 14.8 Å². The van der Waals surface area contributed by atoms with Crippen LogP contribution in [0.15, 0.2) is 78.6 Å².